The fourth-order valence-electron chi connectivity index (χ4n) is 6.75. The molecule has 0 aliphatic carbocycles. The van der Waals surface area contributed by atoms with E-state index in [9.17, 15) is 33.9 Å². The number of Topliss-reactive ketones (excluding diaryl/α,β-unsaturated/α-hetero) is 1. The van der Waals surface area contributed by atoms with Gasteiger partial charge in [-0.1, -0.05) is 48.5 Å². The average molecular weight is 736 g/mol. The summed E-state index contributed by atoms with van der Waals surface area (Å²) in [5.74, 6) is -5.48. The number of carbonyl (C=O) groups excluding carboxylic acids is 5. The summed E-state index contributed by atoms with van der Waals surface area (Å²) < 4.78 is 0. The Labute approximate surface area is 306 Å². The number of carboxylic acid groups (broad SMARTS) is 1. The number of hydrogen-bond acceptors (Lipinski definition) is 7. The SMILES string of the molecule is NC(=O)[C@H](CCCN=C(N)N)CC(=O)[C@H](Cc1c2ccccc2cc2ccccc12)NC(=O)[C@@H]1CCCCN1C(=O)[C@H](CCC(=O)O)NC(=O)CCl. The van der Waals surface area contributed by atoms with Crippen LogP contribution in [-0.2, 0) is 35.2 Å². The van der Waals surface area contributed by atoms with Gasteiger partial charge in [-0.2, -0.15) is 0 Å². The van der Waals surface area contributed by atoms with Crippen molar-refractivity contribution in [1.82, 2.24) is 15.5 Å². The molecule has 0 unspecified atom stereocenters. The second-order valence-electron chi connectivity index (χ2n) is 13.0. The van der Waals surface area contributed by atoms with Crippen LogP contribution in [0.15, 0.2) is 59.6 Å². The summed E-state index contributed by atoms with van der Waals surface area (Å²) in [6.45, 7) is 0.427. The van der Waals surface area contributed by atoms with E-state index in [0.717, 1.165) is 27.1 Å². The summed E-state index contributed by atoms with van der Waals surface area (Å²) in [5.41, 5.74) is 17.4. The van der Waals surface area contributed by atoms with Gasteiger partial charge in [-0.25, -0.2) is 0 Å². The lowest BCUT2D eigenvalue weighted by molar-refractivity contribution is -0.146. The van der Waals surface area contributed by atoms with E-state index >= 15 is 0 Å². The van der Waals surface area contributed by atoms with Gasteiger partial charge < -0.3 is 37.8 Å². The van der Waals surface area contributed by atoms with Crippen molar-refractivity contribution in [3.8, 4) is 0 Å². The minimum absolute atomic E-state index is 0.0829. The van der Waals surface area contributed by atoms with Crippen LogP contribution >= 0.6 is 11.6 Å². The maximum Gasteiger partial charge on any atom is 0.303 e. The number of hydrogen-bond donors (Lipinski definition) is 6. The Kier molecular flexibility index (Phi) is 14.3. The molecule has 4 atom stereocenters. The minimum atomic E-state index is -1.22. The van der Waals surface area contributed by atoms with E-state index < -0.39 is 71.7 Å². The Morgan fingerprint density at radius 1 is 0.904 bits per heavy atom. The van der Waals surface area contributed by atoms with Crippen molar-refractivity contribution in [3.05, 3.63) is 60.2 Å². The van der Waals surface area contributed by atoms with Crippen molar-refractivity contribution in [2.75, 3.05) is 19.0 Å². The molecule has 0 aromatic heterocycles. The molecule has 0 spiro atoms. The molecule has 9 N–H and O–H groups in total. The highest BCUT2D eigenvalue weighted by atomic mass is 35.5. The molecular formula is C37H46ClN7O7. The number of aliphatic carboxylic acids is 1. The third-order valence-corrected chi connectivity index (χ3v) is 9.58. The third-order valence-electron chi connectivity index (χ3n) is 9.34. The number of carbonyl (C=O) groups is 6. The minimum Gasteiger partial charge on any atom is -0.481 e. The highest BCUT2D eigenvalue weighted by Crippen LogP contribution is 2.30. The molecule has 14 nitrogen and oxygen atoms in total. The van der Waals surface area contributed by atoms with Crippen LogP contribution in [0.4, 0.5) is 0 Å². The number of nitrogens with one attached hydrogen (secondary N) is 2. The summed E-state index contributed by atoms with van der Waals surface area (Å²) in [6, 6.07) is 14.2. The first kappa shape index (κ1) is 39.5. The van der Waals surface area contributed by atoms with E-state index in [1.54, 1.807) is 0 Å². The van der Waals surface area contributed by atoms with E-state index in [-0.39, 0.29) is 51.2 Å². The van der Waals surface area contributed by atoms with Crippen LogP contribution in [0.5, 0.6) is 0 Å². The molecular weight excluding hydrogens is 690 g/mol. The number of likely N-dealkylation sites (tertiary alicyclic amines) is 1. The quantitative estimate of drug-likeness (QED) is 0.0368. The average Bonchev–Trinajstić information content (AvgIpc) is 3.13. The number of fused-ring (bicyclic) bond motifs is 2. The molecule has 1 saturated heterocycles. The molecule has 1 heterocycles. The lowest BCUT2D eigenvalue weighted by atomic mass is 9.88. The third kappa shape index (κ3) is 10.6. The molecule has 0 saturated carbocycles. The van der Waals surface area contributed by atoms with Gasteiger partial charge >= 0.3 is 5.97 Å². The zero-order valence-electron chi connectivity index (χ0n) is 28.9. The summed E-state index contributed by atoms with van der Waals surface area (Å²) in [4.78, 5) is 83.6. The molecule has 278 valence electrons. The molecule has 1 aliphatic rings. The van der Waals surface area contributed by atoms with Crippen LogP contribution in [0.3, 0.4) is 0 Å². The highest BCUT2D eigenvalue weighted by Gasteiger charge is 2.38. The number of carboxylic acids is 1. The molecule has 52 heavy (non-hydrogen) atoms. The predicted molar refractivity (Wildman–Crippen MR) is 198 cm³/mol. The highest BCUT2D eigenvalue weighted by molar-refractivity contribution is 6.27. The summed E-state index contributed by atoms with van der Waals surface area (Å²) in [5, 5.41) is 18.3. The van der Waals surface area contributed by atoms with Crippen LogP contribution in [0.2, 0.25) is 0 Å². The normalized spacial score (nSPS) is 16.0. The van der Waals surface area contributed by atoms with E-state index in [2.05, 4.69) is 21.7 Å². The second-order valence-corrected chi connectivity index (χ2v) is 13.3. The predicted octanol–water partition coefficient (Wildman–Crippen LogP) is 2.10. The Morgan fingerprint density at radius 2 is 1.56 bits per heavy atom. The number of rotatable bonds is 18. The lowest BCUT2D eigenvalue weighted by Gasteiger charge is -2.37. The van der Waals surface area contributed by atoms with Crippen molar-refractivity contribution in [3.63, 3.8) is 0 Å². The Balaban J connectivity index is 1.68. The van der Waals surface area contributed by atoms with E-state index in [0.29, 0.717) is 19.3 Å². The van der Waals surface area contributed by atoms with Crippen molar-refractivity contribution < 1.29 is 33.9 Å². The van der Waals surface area contributed by atoms with Crippen LogP contribution in [0.1, 0.15) is 56.9 Å². The van der Waals surface area contributed by atoms with Gasteiger partial charge in [0.2, 0.25) is 23.6 Å². The molecule has 1 aliphatic heterocycles. The monoisotopic (exact) mass is 735 g/mol. The number of nitrogens with zero attached hydrogens (tertiary/aromatic N) is 2. The molecule has 4 amide bonds. The van der Waals surface area contributed by atoms with Crippen molar-refractivity contribution in [2.45, 2.75) is 75.9 Å². The van der Waals surface area contributed by atoms with Crippen LogP contribution in [0.25, 0.3) is 21.5 Å². The second kappa shape index (κ2) is 18.8. The molecule has 4 rings (SSSR count). The zero-order valence-corrected chi connectivity index (χ0v) is 29.6. The number of piperidine rings is 1. The van der Waals surface area contributed by atoms with Gasteiger partial charge in [0.15, 0.2) is 11.7 Å². The van der Waals surface area contributed by atoms with Gasteiger partial charge in [0.05, 0.1) is 6.04 Å². The summed E-state index contributed by atoms with van der Waals surface area (Å²) in [7, 11) is 0. The molecule has 3 aromatic carbocycles. The Hall–Kier alpha value is -5.24. The van der Waals surface area contributed by atoms with Gasteiger partial charge in [0.25, 0.3) is 0 Å². The van der Waals surface area contributed by atoms with Crippen molar-refractivity contribution >= 4 is 74.5 Å². The smallest absolute Gasteiger partial charge is 0.303 e. The van der Waals surface area contributed by atoms with Crippen molar-refractivity contribution in [1.29, 1.82) is 0 Å². The summed E-state index contributed by atoms with van der Waals surface area (Å²) >= 11 is 5.66. The number of alkyl halides is 1. The number of nitrogens with two attached hydrogens (primary N) is 3. The van der Waals surface area contributed by atoms with E-state index in [1.807, 2.05) is 48.5 Å². The van der Waals surface area contributed by atoms with E-state index in [4.69, 9.17) is 28.8 Å². The van der Waals surface area contributed by atoms with Gasteiger partial charge in [-0.3, -0.25) is 33.8 Å². The fraction of sp³-hybridized carbons (Fsp3) is 0.432. The number of primary amides is 1. The zero-order chi connectivity index (χ0) is 37.8. The molecule has 0 bridgehead atoms. The van der Waals surface area contributed by atoms with Crippen molar-refractivity contribution in [2.24, 2.45) is 28.1 Å². The fourth-order valence-corrected chi connectivity index (χ4v) is 6.82. The number of aliphatic imine (C=N–C) groups is 1. The molecule has 0 radical (unpaired) electrons. The van der Waals surface area contributed by atoms with Crippen LogP contribution in [-0.4, -0.2) is 88.4 Å². The number of benzene rings is 3. The molecule has 1 fully saturated rings. The summed E-state index contributed by atoms with van der Waals surface area (Å²) in [6.07, 6.45) is 1.34. The number of amides is 4. The first-order valence-electron chi connectivity index (χ1n) is 17.3. The largest absolute Gasteiger partial charge is 0.481 e. The van der Waals surface area contributed by atoms with E-state index in [1.165, 1.54) is 4.90 Å². The first-order chi connectivity index (χ1) is 24.9. The number of guanidine groups is 1. The maximum absolute atomic E-state index is 14.2. The van der Waals surface area contributed by atoms with Gasteiger partial charge in [0, 0.05) is 38.3 Å². The Morgan fingerprint density at radius 3 is 2.15 bits per heavy atom. The standard InChI is InChI=1S/C37H46ClN7O7/c38-21-32(47)43-28(14-15-33(48)49)36(52)45-17-6-5-13-30(45)35(51)44-29(31(46)19-24(34(39)50)10-7-16-42-37(40)41)20-27-25-11-3-1-8-22(25)18-23-9-2-4-12-26(23)27/h1-4,8-9,11-12,18,24,28-30H,5-7,10,13-17,19-21H2,(H2,39,50)(H,43,47)(H,44,51)(H,48,49)(H4,40,41,42)/t24-,28+,29+,30+/m1/s1. The molecule has 3 aromatic rings. The van der Waals surface area contributed by atoms with Gasteiger partial charge in [0.1, 0.15) is 18.0 Å². The van der Waals surface area contributed by atoms with Crippen LogP contribution < -0.4 is 27.8 Å². The number of ketones is 1. The van der Waals surface area contributed by atoms with Gasteiger partial charge in [-0.15, -0.1) is 11.6 Å². The first-order valence-corrected chi connectivity index (χ1v) is 17.9. The van der Waals surface area contributed by atoms with Gasteiger partial charge in [-0.05, 0) is 71.7 Å². The Bertz CT molecular complexity index is 1780. The van der Waals surface area contributed by atoms with Crippen LogP contribution in [0, 0.1) is 5.92 Å². The lowest BCUT2D eigenvalue weighted by Crippen LogP contribution is -2.59. The maximum atomic E-state index is 14.2. The molecule has 15 heteroatoms. The number of halogens is 1. The topological polar surface area (TPSA) is 240 Å².